The third-order valence-corrected chi connectivity index (χ3v) is 3.43. The Bertz CT molecular complexity index is 473. The number of aromatic nitrogens is 1. The summed E-state index contributed by atoms with van der Waals surface area (Å²) in [4.78, 5) is 13.4. The molecular weight excluding hydrogens is 228 g/mol. The van der Waals surface area contributed by atoms with E-state index in [2.05, 4.69) is 16.7 Å². The van der Waals surface area contributed by atoms with Gasteiger partial charge in [-0.1, -0.05) is 5.92 Å². The van der Waals surface area contributed by atoms with Crippen LogP contribution in [0, 0.1) is 11.8 Å². The number of rotatable bonds is 3. The molecule has 0 bridgehead atoms. The molecule has 0 aliphatic carbocycles. The van der Waals surface area contributed by atoms with Gasteiger partial charge in [0.05, 0.1) is 6.54 Å². The lowest BCUT2D eigenvalue weighted by Crippen LogP contribution is -2.35. The Labute approximate surface area is 107 Å². The van der Waals surface area contributed by atoms with Crippen molar-refractivity contribution >= 4 is 5.97 Å². The molecule has 1 aliphatic rings. The van der Waals surface area contributed by atoms with E-state index >= 15 is 0 Å². The summed E-state index contributed by atoms with van der Waals surface area (Å²) in [6.07, 6.45) is 3.84. The second kappa shape index (κ2) is 5.74. The summed E-state index contributed by atoms with van der Waals surface area (Å²) in [6, 6.07) is 3.77. The van der Waals surface area contributed by atoms with Crippen molar-refractivity contribution in [1.29, 1.82) is 0 Å². The Kier molecular flexibility index (Phi) is 4.06. The van der Waals surface area contributed by atoms with E-state index in [1.54, 1.807) is 12.1 Å². The van der Waals surface area contributed by atoms with E-state index < -0.39 is 5.97 Å². The molecule has 1 aliphatic heterocycles. The van der Waals surface area contributed by atoms with Crippen LogP contribution < -0.4 is 0 Å². The van der Waals surface area contributed by atoms with Gasteiger partial charge in [-0.25, -0.2) is 4.79 Å². The fraction of sp³-hybridized carbons (Fsp3) is 0.500. The van der Waals surface area contributed by atoms with Crippen LogP contribution >= 0.6 is 0 Å². The average molecular weight is 246 g/mol. The molecule has 4 heteroatoms. The van der Waals surface area contributed by atoms with Crippen molar-refractivity contribution in [3.05, 3.63) is 24.0 Å². The van der Waals surface area contributed by atoms with E-state index in [1.807, 2.05) is 17.7 Å². The monoisotopic (exact) mass is 246 g/mol. The van der Waals surface area contributed by atoms with Crippen LogP contribution in [0.5, 0.6) is 0 Å². The van der Waals surface area contributed by atoms with Crippen LogP contribution in [0.1, 0.15) is 36.3 Å². The molecule has 1 aromatic rings. The van der Waals surface area contributed by atoms with Gasteiger partial charge in [0.1, 0.15) is 5.69 Å². The Morgan fingerprint density at radius 1 is 1.50 bits per heavy atom. The highest BCUT2D eigenvalue weighted by Crippen LogP contribution is 2.24. The Balaban J connectivity index is 1.98. The number of carbonyl (C=O) groups is 1. The molecule has 96 valence electrons. The molecule has 0 spiro atoms. The lowest BCUT2D eigenvalue weighted by molar-refractivity contribution is 0.0678. The quantitative estimate of drug-likeness (QED) is 0.828. The summed E-state index contributed by atoms with van der Waals surface area (Å²) in [7, 11) is 0. The smallest absolute Gasteiger partial charge is 0.352 e. The molecule has 1 N–H and O–H groups in total. The van der Waals surface area contributed by atoms with Crippen molar-refractivity contribution in [2.75, 3.05) is 19.6 Å². The van der Waals surface area contributed by atoms with E-state index in [0.717, 1.165) is 32.5 Å². The topological polar surface area (TPSA) is 45.5 Å². The minimum absolute atomic E-state index is 0.303. The van der Waals surface area contributed by atoms with E-state index in [9.17, 15) is 4.79 Å². The van der Waals surface area contributed by atoms with Gasteiger partial charge in [0.25, 0.3) is 0 Å². The second-order valence-electron chi connectivity index (χ2n) is 4.54. The number of carboxylic acids is 1. The maximum Gasteiger partial charge on any atom is 0.352 e. The van der Waals surface area contributed by atoms with Crippen LogP contribution in [0.15, 0.2) is 18.3 Å². The van der Waals surface area contributed by atoms with Crippen molar-refractivity contribution in [1.82, 2.24) is 9.47 Å². The molecule has 0 radical (unpaired) electrons. The fourth-order valence-corrected chi connectivity index (χ4v) is 2.44. The van der Waals surface area contributed by atoms with Gasteiger partial charge in [-0.05, 0) is 31.9 Å². The summed E-state index contributed by atoms with van der Waals surface area (Å²) in [5, 5.41) is 9.10. The van der Waals surface area contributed by atoms with Crippen LogP contribution in [0.3, 0.4) is 0 Å². The molecule has 18 heavy (non-hydrogen) atoms. The molecule has 1 saturated heterocycles. The molecule has 0 aromatic carbocycles. The Morgan fingerprint density at radius 3 is 2.83 bits per heavy atom. The van der Waals surface area contributed by atoms with Crippen LogP contribution in [-0.2, 0) is 0 Å². The molecule has 1 fully saturated rings. The van der Waals surface area contributed by atoms with Crippen molar-refractivity contribution < 1.29 is 9.90 Å². The number of nitrogens with zero attached hydrogens (tertiary/aromatic N) is 2. The maximum absolute atomic E-state index is 11.1. The largest absolute Gasteiger partial charge is 0.477 e. The van der Waals surface area contributed by atoms with Crippen molar-refractivity contribution in [2.24, 2.45) is 0 Å². The fourth-order valence-electron chi connectivity index (χ4n) is 2.44. The van der Waals surface area contributed by atoms with Gasteiger partial charge in [-0.15, -0.1) is 5.92 Å². The Morgan fingerprint density at radius 2 is 2.22 bits per heavy atom. The lowest BCUT2D eigenvalue weighted by Gasteiger charge is -2.32. The van der Waals surface area contributed by atoms with Crippen LogP contribution in [-0.4, -0.2) is 40.2 Å². The summed E-state index contributed by atoms with van der Waals surface area (Å²) < 4.78 is 1.89. The molecule has 1 aromatic heterocycles. The van der Waals surface area contributed by atoms with Gasteiger partial charge in [-0.3, -0.25) is 4.90 Å². The molecule has 0 atom stereocenters. The zero-order valence-electron chi connectivity index (χ0n) is 10.6. The first-order valence-corrected chi connectivity index (χ1v) is 6.24. The van der Waals surface area contributed by atoms with Gasteiger partial charge < -0.3 is 9.67 Å². The summed E-state index contributed by atoms with van der Waals surface area (Å²) >= 11 is 0. The summed E-state index contributed by atoms with van der Waals surface area (Å²) in [5.41, 5.74) is 0.391. The van der Waals surface area contributed by atoms with Gasteiger partial charge in [0.2, 0.25) is 0 Å². The number of hydrogen-bond acceptors (Lipinski definition) is 2. The summed E-state index contributed by atoms with van der Waals surface area (Å²) in [6.45, 7) is 4.64. The van der Waals surface area contributed by atoms with Gasteiger partial charge in [0, 0.05) is 25.3 Å². The molecule has 0 saturated carbocycles. The number of carboxylic acid groups (broad SMARTS) is 1. The van der Waals surface area contributed by atoms with E-state index in [-0.39, 0.29) is 0 Å². The van der Waals surface area contributed by atoms with Crippen molar-refractivity contribution in [3.63, 3.8) is 0 Å². The van der Waals surface area contributed by atoms with Crippen molar-refractivity contribution in [2.45, 2.75) is 25.8 Å². The molecule has 4 nitrogen and oxygen atoms in total. The minimum Gasteiger partial charge on any atom is -0.477 e. The molecule has 0 unspecified atom stereocenters. The van der Waals surface area contributed by atoms with Crippen LogP contribution in [0.25, 0.3) is 0 Å². The number of aromatic carboxylic acids is 1. The van der Waals surface area contributed by atoms with Crippen LogP contribution in [0.4, 0.5) is 0 Å². The molecular formula is C14H18N2O2. The zero-order chi connectivity index (χ0) is 13.0. The Hall–Kier alpha value is -1.73. The SMILES string of the molecule is CC#CCN1CCC(n2cccc2C(=O)O)CC1. The molecule has 2 rings (SSSR count). The number of piperidine rings is 1. The third kappa shape index (κ3) is 2.74. The highest BCUT2D eigenvalue weighted by molar-refractivity contribution is 5.85. The van der Waals surface area contributed by atoms with E-state index in [1.165, 1.54) is 0 Å². The normalized spacial score (nSPS) is 17.2. The second-order valence-corrected chi connectivity index (χ2v) is 4.54. The van der Waals surface area contributed by atoms with Gasteiger partial charge in [-0.2, -0.15) is 0 Å². The highest BCUT2D eigenvalue weighted by Gasteiger charge is 2.22. The molecule has 2 heterocycles. The number of likely N-dealkylation sites (tertiary alicyclic amines) is 1. The highest BCUT2D eigenvalue weighted by atomic mass is 16.4. The van der Waals surface area contributed by atoms with E-state index in [0.29, 0.717) is 11.7 Å². The molecule has 0 amide bonds. The van der Waals surface area contributed by atoms with E-state index in [4.69, 9.17) is 5.11 Å². The van der Waals surface area contributed by atoms with Crippen molar-refractivity contribution in [3.8, 4) is 11.8 Å². The lowest BCUT2D eigenvalue weighted by atomic mass is 10.0. The first-order valence-electron chi connectivity index (χ1n) is 6.24. The first-order chi connectivity index (χ1) is 8.72. The number of hydrogen-bond donors (Lipinski definition) is 1. The van der Waals surface area contributed by atoms with Gasteiger partial charge >= 0.3 is 5.97 Å². The third-order valence-electron chi connectivity index (χ3n) is 3.43. The predicted octanol–water partition coefficient (Wildman–Crippen LogP) is 1.85. The van der Waals surface area contributed by atoms with Gasteiger partial charge in [0.15, 0.2) is 0 Å². The average Bonchev–Trinajstić information content (AvgIpc) is 2.86. The summed E-state index contributed by atoms with van der Waals surface area (Å²) in [5.74, 6) is 5.13. The standard InChI is InChI=1S/C14H18N2O2/c1-2-3-8-15-10-6-12(7-11-15)16-9-4-5-13(16)14(17)18/h4-5,9,12H,6-8,10-11H2,1H3,(H,17,18). The predicted molar refractivity (Wildman–Crippen MR) is 69.6 cm³/mol. The zero-order valence-corrected chi connectivity index (χ0v) is 10.6. The minimum atomic E-state index is -0.848. The first kappa shape index (κ1) is 12.7. The van der Waals surface area contributed by atoms with Crippen LogP contribution in [0.2, 0.25) is 0 Å². The maximum atomic E-state index is 11.1.